The molecule has 0 amide bonds. The molecule has 0 aliphatic heterocycles. The summed E-state index contributed by atoms with van der Waals surface area (Å²) < 4.78 is 16.7. The van der Waals surface area contributed by atoms with Gasteiger partial charge in [0.2, 0.25) is 5.88 Å². The van der Waals surface area contributed by atoms with Crippen molar-refractivity contribution in [3.8, 4) is 22.8 Å². The van der Waals surface area contributed by atoms with Gasteiger partial charge in [-0.1, -0.05) is 30.3 Å². The zero-order valence-electron chi connectivity index (χ0n) is 16.0. The summed E-state index contributed by atoms with van der Waals surface area (Å²) in [6.45, 7) is 0.275. The Morgan fingerprint density at radius 1 is 1.03 bits per heavy atom. The normalized spacial score (nSPS) is 11.2. The van der Waals surface area contributed by atoms with Gasteiger partial charge in [0.1, 0.15) is 22.8 Å². The quantitative estimate of drug-likeness (QED) is 0.357. The monoisotopic (exact) mass is 416 g/mol. The smallest absolute Gasteiger partial charge is 0.336 e. The van der Waals surface area contributed by atoms with Crippen molar-refractivity contribution in [2.45, 2.75) is 6.61 Å². The molecular weight excluding hydrogens is 400 g/mol. The maximum absolute atomic E-state index is 11.6. The fraction of sp³-hybridized carbons (Fsp3) is 0.0870. The Morgan fingerprint density at radius 2 is 1.87 bits per heavy atom. The van der Waals surface area contributed by atoms with E-state index in [-0.39, 0.29) is 6.61 Å². The summed E-state index contributed by atoms with van der Waals surface area (Å²) >= 11 is 1.53. The molecular formula is C23H16N2O4S. The first-order valence-corrected chi connectivity index (χ1v) is 10.1. The van der Waals surface area contributed by atoms with E-state index in [1.54, 1.807) is 19.2 Å². The number of methoxy groups -OCH3 is 1. The zero-order valence-corrected chi connectivity index (χ0v) is 16.8. The van der Waals surface area contributed by atoms with Crippen LogP contribution >= 0.6 is 11.3 Å². The summed E-state index contributed by atoms with van der Waals surface area (Å²) in [4.78, 5) is 21.6. The lowest BCUT2D eigenvalue weighted by Gasteiger charge is -2.10. The van der Waals surface area contributed by atoms with Crippen molar-refractivity contribution in [2.24, 2.45) is 0 Å². The number of hydrogen-bond acceptors (Lipinski definition) is 7. The molecule has 6 nitrogen and oxygen atoms in total. The van der Waals surface area contributed by atoms with Crippen molar-refractivity contribution < 1.29 is 13.9 Å². The molecule has 3 aromatic heterocycles. The molecule has 0 spiro atoms. The van der Waals surface area contributed by atoms with Crippen molar-refractivity contribution in [1.29, 1.82) is 0 Å². The van der Waals surface area contributed by atoms with Crippen LogP contribution < -0.4 is 10.4 Å². The largest absolute Gasteiger partial charge is 0.438 e. The van der Waals surface area contributed by atoms with Gasteiger partial charge in [0.15, 0.2) is 5.82 Å². The molecule has 7 heteroatoms. The van der Waals surface area contributed by atoms with E-state index in [0.29, 0.717) is 23.0 Å². The highest BCUT2D eigenvalue weighted by Crippen LogP contribution is 2.39. The SMILES string of the molecule is COCc1nc(Oc2ccc3ccc(=O)oc3c2)c2c(-c3ccccc3)csc2n1. The van der Waals surface area contributed by atoms with Crippen LogP contribution in [0.25, 0.3) is 32.3 Å². The molecule has 0 fully saturated rings. The van der Waals surface area contributed by atoms with Gasteiger partial charge in [-0.3, -0.25) is 0 Å². The van der Waals surface area contributed by atoms with Gasteiger partial charge in [-0.15, -0.1) is 11.3 Å². The van der Waals surface area contributed by atoms with Gasteiger partial charge in [0.25, 0.3) is 0 Å². The predicted molar refractivity (Wildman–Crippen MR) is 116 cm³/mol. The Bertz CT molecular complexity index is 1410. The van der Waals surface area contributed by atoms with Crippen LogP contribution in [0.1, 0.15) is 5.82 Å². The molecule has 0 saturated heterocycles. The molecule has 2 aromatic carbocycles. The Labute approximate surface area is 175 Å². The molecule has 0 radical (unpaired) electrons. The van der Waals surface area contributed by atoms with Gasteiger partial charge in [0.05, 0.1) is 5.39 Å². The summed E-state index contributed by atoms with van der Waals surface area (Å²) in [6.07, 6.45) is 0. The Hall–Kier alpha value is -3.55. The van der Waals surface area contributed by atoms with Gasteiger partial charge < -0.3 is 13.9 Å². The summed E-state index contributed by atoms with van der Waals surface area (Å²) in [7, 11) is 1.60. The number of hydrogen-bond donors (Lipinski definition) is 0. The standard InChI is InChI=1S/C23H16N2O4S/c1-27-12-19-24-22(28-16-9-7-15-8-10-20(26)29-18(15)11-16)21-17(13-30-23(21)25-19)14-5-3-2-4-6-14/h2-11,13H,12H2,1H3. The van der Waals surface area contributed by atoms with Crippen LogP contribution in [0.3, 0.4) is 0 Å². The van der Waals surface area contributed by atoms with Crippen LogP contribution in [0.5, 0.6) is 11.6 Å². The van der Waals surface area contributed by atoms with Crippen molar-refractivity contribution in [3.05, 3.63) is 82.3 Å². The van der Waals surface area contributed by atoms with Crippen molar-refractivity contribution >= 4 is 32.5 Å². The van der Waals surface area contributed by atoms with Gasteiger partial charge >= 0.3 is 5.63 Å². The molecule has 5 aromatic rings. The number of aromatic nitrogens is 2. The van der Waals surface area contributed by atoms with Crippen LogP contribution in [0.15, 0.2) is 75.3 Å². The number of rotatable bonds is 5. The molecule has 0 saturated carbocycles. The second kappa shape index (κ2) is 7.70. The minimum Gasteiger partial charge on any atom is -0.438 e. The van der Waals surface area contributed by atoms with E-state index in [2.05, 4.69) is 15.3 Å². The maximum Gasteiger partial charge on any atom is 0.336 e. The van der Waals surface area contributed by atoms with E-state index in [0.717, 1.165) is 26.7 Å². The highest BCUT2D eigenvalue weighted by atomic mass is 32.1. The van der Waals surface area contributed by atoms with Gasteiger partial charge in [-0.05, 0) is 23.8 Å². The molecule has 0 bridgehead atoms. The first-order chi connectivity index (χ1) is 14.7. The van der Waals surface area contributed by atoms with E-state index in [4.69, 9.17) is 13.9 Å². The van der Waals surface area contributed by atoms with Crippen LogP contribution in [-0.4, -0.2) is 17.1 Å². The molecule has 0 unspecified atom stereocenters. The van der Waals surface area contributed by atoms with E-state index in [1.807, 2.05) is 42.5 Å². The molecule has 5 rings (SSSR count). The minimum atomic E-state index is -0.407. The van der Waals surface area contributed by atoms with Crippen LogP contribution in [-0.2, 0) is 11.3 Å². The topological polar surface area (TPSA) is 74.5 Å². The van der Waals surface area contributed by atoms with E-state index in [9.17, 15) is 4.79 Å². The third kappa shape index (κ3) is 3.45. The molecule has 30 heavy (non-hydrogen) atoms. The summed E-state index contributed by atoms with van der Waals surface area (Å²) in [5.74, 6) is 1.49. The van der Waals surface area contributed by atoms with Gasteiger partial charge in [-0.2, -0.15) is 4.98 Å². The van der Waals surface area contributed by atoms with Crippen LogP contribution in [0.2, 0.25) is 0 Å². The third-order valence-electron chi connectivity index (χ3n) is 4.61. The number of thiophene rings is 1. The molecule has 148 valence electrons. The fourth-order valence-electron chi connectivity index (χ4n) is 3.27. The molecule has 0 N–H and O–H groups in total. The Morgan fingerprint density at radius 3 is 2.70 bits per heavy atom. The van der Waals surface area contributed by atoms with Crippen molar-refractivity contribution in [1.82, 2.24) is 9.97 Å². The maximum atomic E-state index is 11.6. The van der Waals surface area contributed by atoms with E-state index < -0.39 is 5.63 Å². The average molecular weight is 416 g/mol. The first kappa shape index (κ1) is 18.5. The summed E-state index contributed by atoms with van der Waals surface area (Å²) in [5, 5.41) is 3.70. The molecule has 0 aliphatic rings. The summed E-state index contributed by atoms with van der Waals surface area (Å²) in [5.41, 5.74) is 2.11. The number of benzene rings is 2. The number of fused-ring (bicyclic) bond motifs is 2. The predicted octanol–water partition coefficient (Wildman–Crippen LogP) is 5.40. The lowest BCUT2D eigenvalue weighted by atomic mass is 10.1. The van der Waals surface area contributed by atoms with E-state index in [1.165, 1.54) is 17.4 Å². The third-order valence-corrected chi connectivity index (χ3v) is 5.49. The number of ether oxygens (including phenoxy) is 2. The second-order valence-electron chi connectivity index (χ2n) is 6.63. The van der Waals surface area contributed by atoms with Crippen molar-refractivity contribution in [3.63, 3.8) is 0 Å². The molecule has 0 atom stereocenters. The lowest BCUT2D eigenvalue weighted by Crippen LogP contribution is -2.00. The van der Waals surface area contributed by atoms with E-state index >= 15 is 0 Å². The van der Waals surface area contributed by atoms with Crippen LogP contribution in [0.4, 0.5) is 0 Å². The molecule has 3 heterocycles. The van der Waals surface area contributed by atoms with Gasteiger partial charge in [-0.25, -0.2) is 9.78 Å². The Balaban J connectivity index is 1.66. The lowest BCUT2D eigenvalue weighted by molar-refractivity contribution is 0.177. The average Bonchev–Trinajstić information content (AvgIpc) is 3.19. The number of nitrogens with zero attached hydrogens (tertiary/aromatic N) is 2. The van der Waals surface area contributed by atoms with Crippen LogP contribution in [0, 0.1) is 0 Å². The van der Waals surface area contributed by atoms with Crippen molar-refractivity contribution in [2.75, 3.05) is 7.11 Å². The highest BCUT2D eigenvalue weighted by Gasteiger charge is 2.17. The highest BCUT2D eigenvalue weighted by molar-refractivity contribution is 7.17. The summed E-state index contributed by atoms with van der Waals surface area (Å²) in [6, 6.07) is 18.5. The first-order valence-electron chi connectivity index (χ1n) is 9.25. The molecule has 0 aliphatic carbocycles. The Kier molecular flexibility index (Phi) is 4.74. The zero-order chi connectivity index (χ0) is 20.5. The second-order valence-corrected chi connectivity index (χ2v) is 7.49. The fourth-order valence-corrected chi connectivity index (χ4v) is 4.22. The minimum absolute atomic E-state index is 0.275. The van der Waals surface area contributed by atoms with Gasteiger partial charge in [0, 0.05) is 35.6 Å².